The highest BCUT2D eigenvalue weighted by atomic mass is 32.2. The van der Waals surface area contributed by atoms with Crippen LogP contribution in [0.5, 0.6) is 0 Å². The van der Waals surface area contributed by atoms with Crippen LogP contribution in [0, 0.1) is 0 Å². The van der Waals surface area contributed by atoms with Crippen LogP contribution in [0.2, 0.25) is 0 Å². The topological polar surface area (TPSA) is 80.8 Å². The summed E-state index contributed by atoms with van der Waals surface area (Å²) in [5, 5.41) is 0. The van der Waals surface area contributed by atoms with Gasteiger partial charge in [-0.3, -0.25) is 14.0 Å². The molecule has 0 radical (unpaired) electrons. The van der Waals surface area contributed by atoms with Crippen LogP contribution in [-0.4, -0.2) is 69.3 Å². The van der Waals surface area contributed by atoms with Gasteiger partial charge in [0.2, 0.25) is 0 Å². The van der Waals surface area contributed by atoms with Gasteiger partial charge >= 0.3 is 6.18 Å². The summed E-state index contributed by atoms with van der Waals surface area (Å²) >= 11 is 0. The van der Waals surface area contributed by atoms with Gasteiger partial charge in [0.15, 0.2) is 6.29 Å². The van der Waals surface area contributed by atoms with Crippen molar-refractivity contribution in [3.8, 4) is 11.3 Å². The third kappa shape index (κ3) is 8.55. The van der Waals surface area contributed by atoms with Crippen molar-refractivity contribution in [2.75, 3.05) is 26.2 Å². The van der Waals surface area contributed by atoms with Gasteiger partial charge in [-0.2, -0.15) is 13.2 Å². The number of alkyl halides is 3. The fourth-order valence-corrected chi connectivity index (χ4v) is 7.47. The Hall–Kier alpha value is -2.47. The maximum absolute atomic E-state index is 14.4. The number of ether oxygens (including phenoxy) is 1. The highest BCUT2D eigenvalue weighted by molar-refractivity contribution is 8.02. The molecule has 2 aliphatic rings. The number of aryl methyl sites for hydroxylation is 1. The molecule has 234 valence electrons. The third-order valence-corrected chi connectivity index (χ3v) is 10.7. The van der Waals surface area contributed by atoms with Crippen molar-refractivity contribution < 1.29 is 31.7 Å². The van der Waals surface area contributed by atoms with Crippen molar-refractivity contribution in [2.45, 2.75) is 94.2 Å². The number of amides is 1. The first-order valence-corrected chi connectivity index (χ1v) is 16.6. The third-order valence-electron chi connectivity index (χ3n) is 7.86. The predicted molar refractivity (Wildman–Crippen MR) is 160 cm³/mol. The average Bonchev–Trinajstić information content (AvgIpc) is 3.01. The lowest BCUT2D eigenvalue weighted by molar-refractivity contribution is -0.202. The Labute approximate surface area is 248 Å². The van der Waals surface area contributed by atoms with Crippen molar-refractivity contribution >= 4 is 21.3 Å². The highest BCUT2D eigenvalue weighted by Crippen LogP contribution is 2.37. The lowest BCUT2D eigenvalue weighted by atomic mass is 9.95. The first-order chi connectivity index (χ1) is 20.0. The van der Waals surface area contributed by atoms with E-state index in [1.807, 2.05) is 13.8 Å². The summed E-state index contributed by atoms with van der Waals surface area (Å²) in [5.41, 5.74) is 4.70. The monoisotopic (exact) mass is 611 g/mol. The van der Waals surface area contributed by atoms with Crippen molar-refractivity contribution in [1.82, 2.24) is 15.4 Å². The molecule has 7 nitrogen and oxygen atoms in total. The zero-order valence-corrected chi connectivity index (χ0v) is 25.7. The van der Waals surface area contributed by atoms with Gasteiger partial charge in [-0.05, 0) is 74.7 Å². The van der Waals surface area contributed by atoms with Crippen molar-refractivity contribution in [3.63, 3.8) is 0 Å². The second-order valence-corrected chi connectivity index (χ2v) is 13.1. The summed E-state index contributed by atoms with van der Waals surface area (Å²) in [5.74, 6) is 3.69. The minimum Gasteiger partial charge on any atom is -0.350 e. The number of hydrogen-bond acceptors (Lipinski definition) is 6. The van der Waals surface area contributed by atoms with Gasteiger partial charge in [0.25, 0.3) is 5.91 Å². The summed E-state index contributed by atoms with van der Waals surface area (Å²) in [4.78, 5) is 26.3. The molecule has 1 aromatic carbocycles. The Morgan fingerprint density at radius 1 is 1.17 bits per heavy atom. The number of nitrogens with one attached hydrogen (secondary N) is 1. The van der Waals surface area contributed by atoms with Crippen LogP contribution in [0.1, 0.15) is 71.3 Å². The maximum Gasteiger partial charge on any atom is 0.389 e. The van der Waals surface area contributed by atoms with E-state index < -0.39 is 39.1 Å². The minimum atomic E-state index is -4.16. The Morgan fingerprint density at radius 3 is 2.40 bits per heavy atom. The summed E-state index contributed by atoms with van der Waals surface area (Å²) < 4.78 is 56.0. The van der Waals surface area contributed by atoms with Gasteiger partial charge in [-0.1, -0.05) is 39.0 Å². The Kier molecular flexibility index (Phi) is 12.4. The molecular formula is C31H44F3N3O4S. The average molecular weight is 612 g/mol. The molecule has 2 saturated heterocycles. The van der Waals surface area contributed by atoms with E-state index in [2.05, 4.69) is 28.2 Å². The van der Waals surface area contributed by atoms with Crippen molar-refractivity contribution in [1.29, 1.82) is 0 Å². The Bertz CT molecular complexity index is 1220. The number of nitrogens with zero attached hydrogens (tertiary/aromatic N) is 2. The zero-order valence-electron chi connectivity index (χ0n) is 24.9. The van der Waals surface area contributed by atoms with Crippen LogP contribution >= 0.6 is 0 Å². The van der Waals surface area contributed by atoms with Crippen LogP contribution in [0.25, 0.3) is 11.3 Å². The maximum atomic E-state index is 14.4. The SMILES string of the molecule is C=S(=O)(c1ccc(-c2ccc(CCCC(F)(F)F)cn2)cc1)C1(C(=O)NOC2CCCCO2)CCN(CC)CC1.CC. The number of carbonyl (C=O) groups excluding carboxylic acids is 1. The van der Waals surface area contributed by atoms with E-state index in [9.17, 15) is 22.2 Å². The number of carbonyl (C=O) groups is 1. The molecule has 2 aliphatic heterocycles. The van der Waals surface area contributed by atoms with E-state index in [1.54, 1.807) is 42.6 Å². The van der Waals surface area contributed by atoms with E-state index in [1.165, 1.54) is 0 Å². The molecule has 1 aromatic heterocycles. The number of aromatic nitrogens is 1. The molecule has 0 saturated carbocycles. The lowest BCUT2D eigenvalue weighted by Crippen LogP contribution is -2.58. The molecule has 0 aliphatic carbocycles. The van der Waals surface area contributed by atoms with E-state index >= 15 is 0 Å². The van der Waals surface area contributed by atoms with E-state index in [-0.39, 0.29) is 6.42 Å². The van der Waals surface area contributed by atoms with Crippen LogP contribution in [0.15, 0.2) is 47.5 Å². The van der Waals surface area contributed by atoms with Crippen LogP contribution in [0.4, 0.5) is 13.2 Å². The van der Waals surface area contributed by atoms with Crippen molar-refractivity contribution in [2.24, 2.45) is 0 Å². The molecule has 4 rings (SSSR count). The van der Waals surface area contributed by atoms with Gasteiger partial charge in [0.1, 0.15) is 4.75 Å². The molecule has 0 spiro atoms. The second-order valence-electron chi connectivity index (χ2n) is 10.5. The number of pyridine rings is 1. The zero-order chi connectivity index (χ0) is 30.8. The first kappa shape index (κ1) is 34.0. The first-order valence-electron chi connectivity index (χ1n) is 14.8. The molecule has 11 heteroatoms. The van der Waals surface area contributed by atoms with Gasteiger partial charge in [0.05, 0.1) is 5.69 Å². The van der Waals surface area contributed by atoms with Crippen LogP contribution in [-0.2, 0) is 30.3 Å². The molecule has 2 aromatic rings. The Balaban J connectivity index is 0.00000237. The smallest absolute Gasteiger partial charge is 0.350 e. The molecular weight excluding hydrogens is 567 g/mol. The standard InChI is InChI=1S/C29H38F3N3O4S.C2H6/c1-3-35-18-16-28(17-19-35,27(36)34-39-26-8-4-5-20-38-26)40(2,37)24-12-10-23(11-13-24)25-14-9-22(21-33-25)7-6-15-29(30,31)32;1-2/h9-14,21,26H,2-8,15-20H2,1H3,(H,34,36);1-2H3. The van der Waals surface area contributed by atoms with E-state index in [0.717, 1.165) is 30.5 Å². The number of piperidine rings is 1. The number of likely N-dealkylation sites (tertiary alicyclic amines) is 1. The molecule has 0 bridgehead atoms. The summed E-state index contributed by atoms with van der Waals surface area (Å²) in [6, 6.07) is 10.5. The quantitative estimate of drug-likeness (QED) is 0.256. The largest absolute Gasteiger partial charge is 0.389 e. The number of rotatable bonds is 10. The van der Waals surface area contributed by atoms with Gasteiger partial charge in [-0.15, -0.1) is 0 Å². The highest BCUT2D eigenvalue weighted by Gasteiger charge is 2.49. The molecule has 1 amide bonds. The summed E-state index contributed by atoms with van der Waals surface area (Å²) in [7, 11) is -3.11. The minimum absolute atomic E-state index is 0.0150. The number of halogens is 3. The second kappa shape index (κ2) is 15.3. The Morgan fingerprint density at radius 2 is 1.86 bits per heavy atom. The van der Waals surface area contributed by atoms with E-state index in [4.69, 9.17) is 9.57 Å². The van der Waals surface area contributed by atoms with Gasteiger partial charge in [0, 0.05) is 58.7 Å². The number of hydroxylamine groups is 1. The summed E-state index contributed by atoms with van der Waals surface area (Å²) in [6.45, 7) is 8.71. The molecule has 42 heavy (non-hydrogen) atoms. The van der Waals surface area contributed by atoms with Crippen molar-refractivity contribution in [3.05, 3.63) is 48.2 Å². The molecule has 1 N–H and O–H groups in total. The number of benzene rings is 1. The predicted octanol–water partition coefficient (Wildman–Crippen LogP) is 6.16. The van der Waals surface area contributed by atoms with E-state index in [0.29, 0.717) is 56.0 Å². The molecule has 2 unspecified atom stereocenters. The normalized spacial score (nSPS) is 20.6. The van der Waals surface area contributed by atoms with Gasteiger partial charge in [-0.25, -0.2) is 10.3 Å². The lowest BCUT2D eigenvalue weighted by Gasteiger charge is -2.42. The fourth-order valence-electron chi connectivity index (χ4n) is 5.26. The number of hydrogen-bond donors (Lipinski definition) is 1. The molecule has 3 heterocycles. The van der Waals surface area contributed by atoms with Crippen LogP contribution in [0.3, 0.4) is 0 Å². The van der Waals surface area contributed by atoms with Gasteiger partial charge < -0.3 is 9.64 Å². The molecule has 2 atom stereocenters. The summed E-state index contributed by atoms with van der Waals surface area (Å²) in [6.07, 6.45) is -0.267. The molecule has 2 fully saturated rings. The fraction of sp³-hybridized carbons (Fsp3) is 0.581. The van der Waals surface area contributed by atoms with Crippen LogP contribution < -0.4 is 5.48 Å².